The van der Waals surface area contributed by atoms with E-state index in [1.165, 1.54) is 28.4 Å². The van der Waals surface area contributed by atoms with Crippen LogP contribution in [0.3, 0.4) is 0 Å². The summed E-state index contributed by atoms with van der Waals surface area (Å²) in [5.41, 5.74) is 0. The van der Waals surface area contributed by atoms with Crippen molar-refractivity contribution in [2.75, 3.05) is 41.5 Å². The molecule has 0 aromatic rings. The maximum atomic E-state index is 11.2. The first kappa shape index (κ1) is 15.9. The average Bonchev–Trinajstić information content (AvgIpc) is 2.32. The van der Waals surface area contributed by atoms with E-state index in [0.29, 0.717) is 0 Å². The molecule has 17 heavy (non-hydrogen) atoms. The van der Waals surface area contributed by atoms with Crippen molar-refractivity contribution in [1.82, 2.24) is 10.5 Å². The Labute approximate surface area is 98.5 Å². The van der Waals surface area contributed by atoms with Gasteiger partial charge >= 0.3 is 11.9 Å². The first-order valence-electron chi connectivity index (χ1n) is 4.52. The average molecular weight is 252 g/mol. The quantitative estimate of drug-likeness (QED) is 0.303. The third kappa shape index (κ3) is 6.94. The number of rotatable bonds is 8. The van der Waals surface area contributed by atoms with Gasteiger partial charge in [-0.05, 0) is 0 Å². The number of hydroxylamine groups is 4. The molecule has 0 bridgehead atoms. The molecule has 0 rings (SSSR count). The van der Waals surface area contributed by atoms with Gasteiger partial charge in [0.1, 0.15) is 13.1 Å². The lowest BCUT2D eigenvalue weighted by Crippen LogP contribution is -2.34. The van der Waals surface area contributed by atoms with Crippen LogP contribution >= 0.6 is 0 Å². The summed E-state index contributed by atoms with van der Waals surface area (Å²) in [5, 5.41) is 1.69. The summed E-state index contributed by atoms with van der Waals surface area (Å²) in [5.74, 6) is -1.66. The van der Waals surface area contributed by atoms with Crippen LogP contribution in [-0.4, -0.2) is 63.9 Å². The molecule has 9 heteroatoms. The molecule has 0 amide bonds. The first-order chi connectivity index (χ1) is 8.07. The van der Waals surface area contributed by atoms with Crippen molar-refractivity contribution in [2.24, 2.45) is 0 Å². The van der Waals surface area contributed by atoms with E-state index in [0.717, 1.165) is 10.5 Å². The summed E-state index contributed by atoms with van der Waals surface area (Å²) in [6, 6.07) is 0. The SMILES string of the molecule is CON(CC(=O)OC(=O)CN(OC)OC)OC. The second kappa shape index (κ2) is 8.98. The molecule has 100 valence electrons. The van der Waals surface area contributed by atoms with Gasteiger partial charge in [-0.15, -0.1) is 0 Å². The minimum atomic E-state index is -0.828. The van der Waals surface area contributed by atoms with Crippen molar-refractivity contribution in [3.8, 4) is 0 Å². The molecule has 0 N–H and O–H groups in total. The van der Waals surface area contributed by atoms with Crippen molar-refractivity contribution >= 4 is 11.9 Å². The summed E-state index contributed by atoms with van der Waals surface area (Å²) in [7, 11) is 5.21. The van der Waals surface area contributed by atoms with Gasteiger partial charge < -0.3 is 4.74 Å². The van der Waals surface area contributed by atoms with E-state index in [9.17, 15) is 9.59 Å². The van der Waals surface area contributed by atoms with Crippen LogP contribution in [0.25, 0.3) is 0 Å². The molecule has 0 aliphatic heterocycles. The number of carbonyl (C=O) groups is 2. The van der Waals surface area contributed by atoms with E-state index in [1.807, 2.05) is 0 Å². The van der Waals surface area contributed by atoms with E-state index in [2.05, 4.69) is 24.1 Å². The monoisotopic (exact) mass is 252 g/mol. The van der Waals surface area contributed by atoms with Gasteiger partial charge in [0.05, 0.1) is 28.4 Å². The largest absolute Gasteiger partial charge is 0.391 e. The van der Waals surface area contributed by atoms with Gasteiger partial charge in [-0.25, -0.2) is 9.59 Å². The van der Waals surface area contributed by atoms with Crippen LogP contribution in [0.2, 0.25) is 0 Å². The molecule has 0 heterocycles. The lowest BCUT2D eigenvalue weighted by molar-refractivity contribution is -0.341. The van der Waals surface area contributed by atoms with Gasteiger partial charge in [0.15, 0.2) is 0 Å². The van der Waals surface area contributed by atoms with E-state index in [4.69, 9.17) is 0 Å². The molecule has 0 aliphatic carbocycles. The molecule has 0 saturated carbocycles. The maximum Gasteiger partial charge on any atom is 0.332 e. The van der Waals surface area contributed by atoms with Gasteiger partial charge in [-0.2, -0.15) is 0 Å². The third-order valence-electron chi connectivity index (χ3n) is 1.56. The second-order valence-electron chi connectivity index (χ2n) is 2.56. The Morgan fingerprint density at radius 1 is 0.765 bits per heavy atom. The van der Waals surface area contributed by atoms with Crippen LogP contribution in [0.5, 0.6) is 0 Å². The van der Waals surface area contributed by atoms with Crippen molar-refractivity contribution in [3.05, 3.63) is 0 Å². The summed E-state index contributed by atoms with van der Waals surface area (Å²) in [6.45, 7) is -0.697. The Hall–Kier alpha value is -1.10. The van der Waals surface area contributed by atoms with Gasteiger partial charge in [0.2, 0.25) is 0 Å². The lowest BCUT2D eigenvalue weighted by Gasteiger charge is -2.16. The van der Waals surface area contributed by atoms with Crippen LogP contribution in [0, 0.1) is 0 Å². The molecule has 0 saturated heterocycles. The maximum absolute atomic E-state index is 11.2. The number of hydrogen-bond acceptors (Lipinski definition) is 9. The zero-order valence-electron chi connectivity index (χ0n) is 10.2. The molecule has 0 aromatic heterocycles. The zero-order chi connectivity index (χ0) is 13.3. The summed E-state index contributed by atoms with van der Waals surface area (Å²) in [4.78, 5) is 40.8. The molecule has 0 aliphatic rings. The Morgan fingerprint density at radius 3 is 1.29 bits per heavy atom. The normalized spacial score (nSPS) is 10.9. The number of ether oxygens (including phenoxy) is 1. The molecular formula is C8H16N2O7. The van der Waals surface area contributed by atoms with Crippen LogP contribution in [0.15, 0.2) is 0 Å². The molecule has 0 spiro atoms. The zero-order valence-corrected chi connectivity index (χ0v) is 10.2. The summed E-state index contributed by atoms with van der Waals surface area (Å²) < 4.78 is 4.44. The summed E-state index contributed by atoms with van der Waals surface area (Å²) in [6.07, 6.45) is 0. The molecule has 0 unspecified atom stereocenters. The summed E-state index contributed by atoms with van der Waals surface area (Å²) >= 11 is 0. The Balaban J connectivity index is 3.99. The van der Waals surface area contributed by atoms with Crippen molar-refractivity contribution in [2.45, 2.75) is 0 Å². The molecule has 0 atom stereocenters. The van der Waals surface area contributed by atoms with Crippen molar-refractivity contribution in [1.29, 1.82) is 0 Å². The highest BCUT2D eigenvalue weighted by Gasteiger charge is 2.17. The van der Waals surface area contributed by atoms with Crippen LogP contribution in [0.1, 0.15) is 0 Å². The Kier molecular flexibility index (Phi) is 8.40. The van der Waals surface area contributed by atoms with Crippen molar-refractivity contribution in [3.63, 3.8) is 0 Å². The Bertz CT molecular complexity index is 216. The highest BCUT2D eigenvalue weighted by molar-refractivity contribution is 5.87. The topological polar surface area (TPSA) is 86.8 Å². The van der Waals surface area contributed by atoms with E-state index in [1.54, 1.807) is 0 Å². The third-order valence-corrected chi connectivity index (χ3v) is 1.56. The van der Waals surface area contributed by atoms with E-state index < -0.39 is 11.9 Å². The molecule has 0 radical (unpaired) electrons. The van der Waals surface area contributed by atoms with E-state index >= 15 is 0 Å². The smallest absolute Gasteiger partial charge is 0.332 e. The van der Waals surface area contributed by atoms with Crippen molar-refractivity contribution < 1.29 is 33.7 Å². The standard InChI is InChI=1S/C8H16N2O7/c1-13-9(14-2)5-7(11)17-8(12)6-10(15-3)16-4/h5-6H2,1-4H3. The van der Waals surface area contributed by atoms with Gasteiger partial charge in [0, 0.05) is 0 Å². The van der Waals surface area contributed by atoms with Gasteiger partial charge in [-0.3, -0.25) is 19.4 Å². The van der Waals surface area contributed by atoms with Gasteiger partial charge in [0.25, 0.3) is 0 Å². The highest BCUT2D eigenvalue weighted by Crippen LogP contribution is 1.93. The fraction of sp³-hybridized carbons (Fsp3) is 0.750. The number of carbonyl (C=O) groups excluding carboxylic acids is 2. The fourth-order valence-electron chi connectivity index (χ4n) is 0.810. The number of esters is 2. The molecular weight excluding hydrogens is 236 g/mol. The predicted octanol–water partition coefficient (Wildman–Crippen LogP) is -1.09. The molecule has 0 aromatic carbocycles. The Morgan fingerprint density at radius 2 is 1.06 bits per heavy atom. The lowest BCUT2D eigenvalue weighted by atomic mass is 10.6. The second-order valence-corrected chi connectivity index (χ2v) is 2.56. The van der Waals surface area contributed by atoms with Crippen LogP contribution < -0.4 is 0 Å². The molecule has 9 nitrogen and oxygen atoms in total. The first-order valence-corrected chi connectivity index (χ1v) is 4.52. The predicted molar refractivity (Wildman–Crippen MR) is 52.5 cm³/mol. The molecule has 0 fully saturated rings. The number of hydrogen-bond donors (Lipinski definition) is 0. The van der Waals surface area contributed by atoms with Gasteiger partial charge in [-0.1, -0.05) is 10.5 Å². The number of nitrogens with zero attached hydrogens (tertiary/aromatic N) is 2. The van der Waals surface area contributed by atoms with Crippen LogP contribution in [0.4, 0.5) is 0 Å². The van der Waals surface area contributed by atoms with E-state index in [-0.39, 0.29) is 13.1 Å². The fourth-order valence-corrected chi connectivity index (χ4v) is 0.810. The minimum absolute atomic E-state index is 0.349. The minimum Gasteiger partial charge on any atom is -0.391 e. The van der Waals surface area contributed by atoms with Crippen LogP contribution in [-0.2, 0) is 33.7 Å². The highest BCUT2D eigenvalue weighted by atomic mass is 16.9.